The van der Waals surface area contributed by atoms with Gasteiger partial charge in [0.05, 0.1) is 0 Å². The van der Waals surface area contributed by atoms with Crippen LogP contribution < -0.4 is 56.5 Å². The minimum atomic E-state index is -0.903. The van der Waals surface area contributed by atoms with Crippen molar-refractivity contribution in [2.24, 2.45) is 0 Å². The van der Waals surface area contributed by atoms with Gasteiger partial charge in [-0.05, 0) is 45.3 Å². The zero-order valence-electron chi connectivity index (χ0n) is 23.9. The van der Waals surface area contributed by atoms with Crippen LogP contribution in [0.15, 0.2) is 0 Å². The topological polar surface area (TPSA) is 43.4 Å². The van der Waals surface area contributed by atoms with E-state index in [1.807, 2.05) is 0 Å². The molecule has 0 aromatic rings. The first-order valence-electron chi connectivity index (χ1n) is 15.1. The van der Waals surface area contributed by atoms with Gasteiger partial charge < -0.3 is 14.8 Å². The van der Waals surface area contributed by atoms with Crippen molar-refractivity contribution in [3.63, 3.8) is 0 Å². The fourth-order valence-corrected chi connectivity index (χ4v) is 4.78. The van der Waals surface area contributed by atoms with E-state index in [0.717, 1.165) is 26.1 Å². The van der Waals surface area contributed by atoms with E-state index in [0.29, 0.717) is 0 Å². The normalized spacial score (nSPS) is 11.1. The summed E-state index contributed by atoms with van der Waals surface area (Å²) in [5.41, 5.74) is 0. The summed E-state index contributed by atoms with van der Waals surface area (Å²) in [4.78, 5) is 13.3. The quantitative estimate of drug-likeness (QED) is 0.105. The first kappa shape index (κ1) is 37.2. The van der Waals surface area contributed by atoms with E-state index in [2.05, 4.69) is 18.7 Å². The summed E-state index contributed by atoms with van der Waals surface area (Å²) in [6, 6.07) is 0. The number of carboxylic acid groups (broad SMARTS) is 1. The molecule has 0 saturated heterocycles. The predicted octanol–water partition coefficient (Wildman–Crippen LogP) is 5.44. The van der Waals surface area contributed by atoms with Gasteiger partial charge in [-0.1, -0.05) is 142 Å². The van der Waals surface area contributed by atoms with Gasteiger partial charge in [0, 0.05) is 5.97 Å². The fraction of sp³-hybridized carbons (Fsp3) is 0.967. The Kier molecular flexibility index (Phi) is 35.1. The Balaban J connectivity index is 0. The molecular weight excluding hydrogens is 445 g/mol. The molecule has 0 aliphatic rings. The van der Waals surface area contributed by atoms with Gasteiger partial charge in [0.2, 0.25) is 0 Å². The molecule has 0 radical (unpaired) electrons. The van der Waals surface area contributed by atoms with Crippen LogP contribution in [-0.4, -0.2) is 30.5 Å². The number of unbranched alkanes of at least 4 members (excludes halogenated alkanes) is 20. The van der Waals surface area contributed by atoms with Crippen LogP contribution in [0.2, 0.25) is 0 Å². The van der Waals surface area contributed by atoms with Crippen molar-refractivity contribution in [3.05, 3.63) is 0 Å². The number of nitrogens with zero attached hydrogens (tertiary/aromatic N) is 1. The average Bonchev–Trinajstić information content (AvgIpc) is 2.80. The van der Waals surface area contributed by atoms with Crippen molar-refractivity contribution in [1.82, 2.24) is 4.90 Å². The van der Waals surface area contributed by atoms with Crippen molar-refractivity contribution in [1.29, 1.82) is 0 Å². The standard InChI is InChI=1S/C30H61NO2.K/c1-3-5-7-9-11-13-15-17-19-21-23-27-31(29-25-26-30(32)33)28-24-22-20-18-16-14-12-10-8-6-4-2;/h3-29H2,1-2H3,(H,32,33);/q;+1/p-1. The predicted molar refractivity (Wildman–Crippen MR) is 144 cm³/mol. The summed E-state index contributed by atoms with van der Waals surface area (Å²) < 4.78 is 0. The van der Waals surface area contributed by atoms with Crippen molar-refractivity contribution in [3.8, 4) is 0 Å². The Labute approximate surface area is 257 Å². The van der Waals surface area contributed by atoms with E-state index in [4.69, 9.17) is 0 Å². The fourth-order valence-electron chi connectivity index (χ4n) is 4.78. The number of carbonyl (C=O) groups excluding carboxylic acids is 1. The Morgan fingerprint density at radius 1 is 0.471 bits per heavy atom. The van der Waals surface area contributed by atoms with Crippen molar-refractivity contribution >= 4 is 5.97 Å². The zero-order valence-corrected chi connectivity index (χ0v) is 27.0. The molecular formula is C30H60KNO2. The Morgan fingerprint density at radius 2 is 0.735 bits per heavy atom. The van der Waals surface area contributed by atoms with Gasteiger partial charge in [-0.25, -0.2) is 0 Å². The summed E-state index contributed by atoms with van der Waals surface area (Å²) in [6.07, 6.45) is 31.3. The van der Waals surface area contributed by atoms with Crippen molar-refractivity contribution < 1.29 is 61.3 Å². The number of hydrogen-bond acceptors (Lipinski definition) is 3. The van der Waals surface area contributed by atoms with Crippen LogP contribution in [0.5, 0.6) is 0 Å². The molecule has 0 aliphatic heterocycles. The average molecular weight is 506 g/mol. The monoisotopic (exact) mass is 505 g/mol. The first-order chi connectivity index (χ1) is 16.2. The maximum Gasteiger partial charge on any atom is 1.00 e. The minimum absolute atomic E-state index is 0. The number of hydrogen-bond donors (Lipinski definition) is 0. The van der Waals surface area contributed by atoms with Crippen LogP contribution in [-0.2, 0) is 4.79 Å². The summed E-state index contributed by atoms with van der Waals surface area (Å²) >= 11 is 0. The van der Waals surface area contributed by atoms with E-state index in [9.17, 15) is 9.90 Å². The molecule has 198 valence electrons. The Hall–Kier alpha value is 1.07. The third-order valence-corrected chi connectivity index (χ3v) is 7.01. The van der Waals surface area contributed by atoms with E-state index in [1.54, 1.807) is 0 Å². The number of carboxylic acids is 1. The van der Waals surface area contributed by atoms with E-state index < -0.39 is 5.97 Å². The molecule has 0 aromatic carbocycles. The maximum atomic E-state index is 10.8. The summed E-state index contributed by atoms with van der Waals surface area (Å²) in [6.45, 7) is 7.76. The molecule has 3 nitrogen and oxygen atoms in total. The summed E-state index contributed by atoms with van der Waals surface area (Å²) in [5, 5.41) is 10.8. The second-order valence-electron chi connectivity index (χ2n) is 10.4. The molecule has 0 amide bonds. The van der Waals surface area contributed by atoms with Crippen molar-refractivity contribution in [2.45, 2.75) is 168 Å². The van der Waals surface area contributed by atoms with Gasteiger partial charge in [-0.15, -0.1) is 0 Å². The SMILES string of the molecule is CCCCCCCCCCCCCN(CCCCCCCCCCCCC)CCCC(=O)[O-].[K+]. The number of rotatable bonds is 28. The summed E-state index contributed by atoms with van der Waals surface area (Å²) in [7, 11) is 0. The smallest absolute Gasteiger partial charge is 0.550 e. The van der Waals surface area contributed by atoms with Gasteiger partial charge in [-0.2, -0.15) is 0 Å². The molecule has 0 rings (SSSR count). The van der Waals surface area contributed by atoms with E-state index >= 15 is 0 Å². The van der Waals surface area contributed by atoms with Gasteiger partial charge in [0.1, 0.15) is 0 Å². The number of aliphatic carboxylic acids is 1. The minimum Gasteiger partial charge on any atom is -0.550 e. The molecule has 0 fully saturated rings. The number of carbonyl (C=O) groups is 1. The summed E-state index contributed by atoms with van der Waals surface area (Å²) in [5.74, 6) is -0.903. The molecule has 4 heteroatoms. The van der Waals surface area contributed by atoms with Crippen LogP contribution in [0.3, 0.4) is 0 Å². The molecule has 34 heavy (non-hydrogen) atoms. The molecule has 0 N–H and O–H groups in total. The van der Waals surface area contributed by atoms with Crippen LogP contribution in [0.25, 0.3) is 0 Å². The second kappa shape index (κ2) is 32.1. The van der Waals surface area contributed by atoms with Crippen LogP contribution in [0.4, 0.5) is 0 Å². The first-order valence-corrected chi connectivity index (χ1v) is 15.1. The van der Waals surface area contributed by atoms with Gasteiger partial charge in [0.25, 0.3) is 0 Å². The van der Waals surface area contributed by atoms with E-state index in [-0.39, 0.29) is 57.8 Å². The molecule has 0 heterocycles. The second-order valence-corrected chi connectivity index (χ2v) is 10.4. The molecule has 0 unspecified atom stereocenters. The molecule has 0 aliphatic carbocycles. The maximum absolute atomic E-state index is 10.8. The molecule has 0 bridgehead atoms. The van der Waals surface area contributed by atoms with E-state index in [1.165, 1.54) is 141 Å². The molecule has 0 aromatic heterocycles. The molecule has 0 atom stereocenters. The van der Waals surface area contributed by atoms with Gasteiger partial charge >= 0.3 is 51.4 Å². The Morgan fingerprint density at radius 3 is 1.03 bits per heavy atom. The third-order valence-electron chi connectivity index (χ3n) is 7.01. The van der Waals surface area contributed by atoms with Crippen molar-refractivity contribution in [2.75, 3.05) is 19.6 Å². The van der Waals surface area contributed by atoms with Gasteiger partial charge in [-0.3, -0.25) is 0 Å². The zero-order chi connectivity index (χ0) is 24.2. The molecule has 0 saturated carbocycles. The Bertz CT molecular complexity index is 366. The molecule has 0 spiro atoms. The van der Waals surface area contributed by atoms with Crippen LogP contribution in [0.1, 0.15) is 168 Å². The largest absolute Gasteiger partial charge is 1.00 e. The van der Waals surface area contributed by atoms with Gasteiger partial charge in [0.15, 0.2) is 0 Å². The van der Waals surface area contributed by atoms with Crippen LogP contribution in [0, 0.1) is 0 Å². The third kappa shape index (κ3) is 31.1. The van der Waals surface area contributed by atoms with Crippen LogP contribution >= 0.6 is 0 Å².